The van der Waals surface area contributed by atoms with Crippen molar-refractivity contribution in [2.45, 2.75) is 45.1 Å². The van der Waals surface area contributed by atoms with E-state index in [4.69, 9.17) is 4.74 Å². The lowest BCUT2D eigenvalue weighted by Crippen LogP contribution is -2.41. The standard InChI is InChI=1S/C20H23N3O5/c1-10(18(25)21-14-5-6-15-16(9-14)23-20(27)22-15)28-19(26)13-7-11-3-2-4-12(8-13)17(11)24/h5-6,9-13H,2-4,7-8H2,1H3,(H,21,25)(H2,22,23,27)/t10-,11-,12+,13?/m0/s1. The number of amides is 1. The number of imidazole rings is 1. The van der Waals surface area contributed by atoms with Gasteiger partial charge in [-0.05, 0) is 50.8 Å². The topological polar surface area (TPSA) is 121 Å². The average Bonchev–Trinajstić information content (AvgIpc) is 3.00. The molecule has 0 aliphatic heterocycles. The van der Waals surface area contributed by atoms with E-state index in [2.05, 4.69) is 15.3 Å². The molecule has 8 nitrogen and oxygen atoms in total. The van der Waals surface area contributed by atoms with Gasteiger partial charge in [0.1, 0.15) is 5.78 Å². The first-order chi connectivity index (χ1) is 13.4. The lowest BCUT2D eigenvalue weighted by molar-refractivity contribution is -0.161. The van der Waals surface area contributed by atoms with Crippen LogP contribution in [0.2, 0.25) is 0 Å². The molecule has 1 aromatic carbocycles. The van der Waals surface area contributed by atoms with Gasteiger partial charge in [-0.2, -0.15) is 0 Å². The Labute approximate surface area is 161 Å². The summed E-state index contributed by atoms with van der Waals surface area (Å²) in [7, 11) is 0. The zero-order valence-electron chi connectivity index (χ0n) is 15.6. The number of esters is 1. The van der Waals surface area contributed by atoms with Crippen LogP contribution < -0.4 is 11.0 Å². The Morgan fingerprint density at radius 3 is 2.50 bits per heavy atom. The minimum absolute atomic E-state index is 0.0376. The molecule has 1 unspecified atom stereocenters. The third-order valence-electron chi connectivity index (χ3n) is 5.83. The van der Waals surface area contributed by atoms with Crippen LogP contribution in [0.15, 0.2) is 23.0 Å². The van der Waals surface area contributed by atoms with Crippen molar-refractivity contribution in [1.29, 1.82) is 0 Å². The minimum Gasteiger partial charge on any atom is -0.452 e. The van der Waals surface area contributed by atoms with Crippen molar-refractivity contribution in [3.8, 4) is 0 Å². The summed E-state index contributed by atoms with van der Waals surface area (Å²) >= 11 is 0. The second-order valence-corrected chi connectivity index (χ2v) is 7.80. The van der Waals surface area contributed by atoms with E-state index in [1.807, 2.05) is 0 Å². The molecule has 2 aliphatic carbocycles. The predicted octanol–water partition coefficient (Wildman–Crippen LogP) is 2.12. The summed E-state index contributed by atoms with van der Waals surface area (Å²) in [6, 6.07) is 4.97. The van der Waals surface area contributed by atoms with Gasteiger partial charge in [0.15, 0.2) is 6.10 Å². The van der Waals surface area contributed by atoms with Crippen molar-refractivity contribution >= 4 is 34.4 Å². The van der Waals surface area contributed by atoms with Crippen LogP contribution in [0.3, 0.4) is 0 Å². The number of carbonyl (C=O) groups excluding carboxylic acids is 3. The van der Waals surface area contributed by atoms with Gasteiger partial charge in [0.05, 0.1) is 17.0 Å². The van der Waals surface area contributed by atoms with Crippen molar-refractivity contribution in [1.82, 2.24) is 9.97 Å². The maximum Gasteiger partial charge on any atom is 0.323 e. The van der Waals surface area contributed by atoms with Crippen molar-refractivity contribution in [2.24, 2.45) is 17.8 Å². The molecule has 2 fully saturated rings. The number of fused-ring (bicyclic) bond motifs is 3. The van der Waals surface area contributed by atoms with Gasteiger partial charge in [0, 0.05) is 17.5 Å². The SMILES string of the molecule is C[C@H](OC(=O)C1C[C@H]2CCC[C@@H](C1)C2=O)C(=O)Nc1ccc2[nH]c(=O)[nH]c2c1. The Kier molecular flexibility index (Phi) is 4.78. The molecule has 28 heavy (non-hydrogen) atoms. The second kappa shape index (κ2) is 7.26. The third-order valence-corrected chi connectivity index (χ3v) is 5.83. The molecule has 0 saturated heterocycles. The molecule has 1 heterocycles. The number of aromatic nitrogens is 2. The number of ketones is 1. The number of Topliss-reactive ketones (excluding diaryl/α,β-unsaturated/α-hetero) is 1. The van der Waals surface area contributed by atoms with Gasteiger partial charge >= 0.3 is 11.7 Å². The van der Waals surface area contributed by atoms with E-state index in [1.165, 1.54) is 6.92 Å². The summed E-state index contributed by atoms with van der Waals surface area (Å²) < 4.78 is 5.39. The maximum absolute atomic E-state index is 12.5. The number of H-pyrrole nitrogens is 2. The molecule has 2 aliphatic rings. The van der Waals surface area contributed by atoms with Gasteiger partial charge in [0.2, 0.25) is 0 Å². The van der Waals surface area contributed by atoms with Crippen molar-refractivity contribution < 1.29 is 19.1 Å². The molecule has 0 radical (unpaired) electrons. The first-order valence-electron chi connectivity index (χ1n) is 9.68. The third kappa shape index (κ3) is 3.58. The molecule has 4 rings (SSSR count). The number of carbonyl (C=O) groups is 3. The van der Waals surface area contributed by atoms with E-state index in [1.54, 1.807) is 18.2 Å². The molecular formula is C20H23N3O5. The largest absolute Gasteiger partial charge is 0.452 e. The van der Waals surface area contributed by atoms with Crippen LogP contribution in [0.25, 0.3) is 11.0 Å². The van der Waals surface area contributed by atoms with Gasteiger partial charge < -0.3 is 20.0 Å². The fourth-order valence-corrected chi connectivity index (χ4v) is 4.35. The predicted molar refractivity (Wildman–Crippen MR) is 102 cm³/mol. The molecular weight excluding hydrogens is 362 g/mol. The summed E-state index contributed by atoms with van der Waals surface area (Å²) in [6.07, 6.45) is 2.84. The maximum atomic E-state index is 12.5. The molecule has 8 heteroatoms. The summed E-state index contributed by atoms with van der Waals surface area (Å²) in [5.74, 6) is -0.951. The van der Waals surface area contributed by atoms with E-state index < -0.39 is 18.0 Å². The molecule has 3 N–H and O–H groups in total. The number of aromatic amines is 2. The quantitative estimate of drug-likeness (QED) is 0.696. The van der Waals surface area contributed by atoms with E-state index in [0.29, 0.717) is 35.3 Å². The highest BCUT2D eigenvalue weighted by Gasteiger charge is 2.42. The molecule has 2 aromatic rings. The normalized spacial score (nSPS) is 25.3. The van der Waals surface area contributed by atoms with Gasteiger partial charge in [0.25, 0.3) is 5.91 Å². The highest BCUT2D eigenvalue weighted by Crippen LogP contribution is 2.40. The summed E-state index contributed by atoms with van der Waals surface area (Å²) in [4.78, 5) is 53.7. The Hall–Kier alpha value is -2.90. The fourth-order valence-electron chi connectivity index (χ4n) is 4.35. The summed E-state index contributed by atoms with van der Waals surface area (Å²) in [5, 5.41) is 2.69. The number of benzene rings is 1. The molecule has 1 amide bonds. The average molecular weight is 385 g/mol. The fraction of sp³-hybridized carbons (Fsp3) is 0.500. The van der Waals surface area contributed by atoms with Crippen LogP contribution in [-0.2, 0) is 19.1 Å². The smallest absolute Gasteiger partial charge is 0.323 e. The molecule has 0 spiro atoms. The molecule has 2 saturated carbocycles. The highest BCUT2D eigenvalue weighted by molar-refractivity contribution is 5.96. The zero-order chi connectivity index (χ0) is 19.8. The first kappa shape index (κ1) is 18.5. The number of hydrogen-bond donors (Lipinski definition) is 3. The Balaban J connectivity index is 1.36. The van der Waals surface area contributed by atoms with Crippen LogP contribution in [0.5, 0.6) is 0 Å². The van der Waals surface area contributed by atoms with E-state index in [9.17, 15) is 19.2 Å². The van der Waals surface area contributed by atoms with Gasteiger partial charge in [-0.3, -0.25) is 14.4 Å². The summed E-state index contributed by atoms with van der Waals surface area (Å²) in [6.45, 7) is 1.53. The molecule has 2 bridgehead atoms. The molecule has 4 atom stereocenters. The Morgan fingerprint density at radius 2 is 1.79 bits per heavy atom. The van der Waals surface area contributed by atoms with E-state index in [-0.39, 0.29) is 23.4 Å². The minimum atomic E-state index is -0.953. The molecule has 148 valence electrons. The number of nitrogens with one attached hydrogen (secondary N) is 3. The Morgan fingerprint density at radius 1 is 1.11 bits per heavy atom. The van der Waals surface area contributed by atoms with Gasteiger partial charge in [-0.25, -0.2) is 4.79 Å². The lowest BCUT2D eigenvalue weighted by atomic mass is 9.67. The van der Waals surface area contributed by atoms with Crippen LogP contribution in [0, 0.1) is 17.8 Å². The van der Waals surface area contributed by atoms with Crippen LogP contribution in [0.1, 0.15) is 39.0 Å². The van der Waals surface area contributed by atoms with Crippen LogP contribution in [-0.4, -0.2) is 33.7 Å². The zero-order valence-corrected chi connectivity index (χ0v) is 15.6. The Bertz CT molecular complexity index is 975. The van der Waals surface area contributed by atoms with Crippen molar-refractivity contribution in [3.63, 3.8) is 0 Å². The van der Waals surface area contributed by atoms with E-state index >= 15 is 0 Å². The lowest BCUT2D eigenvalue weighted by Gasteiger charge is -2.36. The van der Waals surface area contributed by atoms with E-state index in [0.717, 1.165) is 19.3 Å². The van der Waals surface area contributed by atoms with Crippen molar-refractivity contribution in [2.75, 3.05) is 5.32 Å². The monoisotopic (exact) mass is 385 g/mol. The number of rotatable bonds is 4. The molecule has 1 aromatic heterocycles. The summed E-state index contributed by atoms with van der Waals surface area (Å²) in [5.41, 5.74) is 1.38. The van der Waals surface area contributed by atoms with Crippen LogP contribution >= 0.6 is 0 Å². The van der Waals surface area contributed by atoms with Gasteiger partial charge in [-0.15, -0.1) is 0 Å². The van der Waals surface area contributed by atoms with Crippen molar-refractivity contribution in [3.05, 3.63) is 28.7 Å². The highest BCUT2D eigenvalue weighted by atomic mass is 16.5. The second-order valence-electron chi connectivity index (χ2n) is 7.80. The van der Waals surface area contributed by atoms with Gasteiger partial charge in [-0.1, -0.05) is 6.42 Å². The van der Waals surface area contributed by atoms with Crippen LogP contribution in [0.4, 0.5) is 5.69 Å². The number of hydrogen-bond acceptors (Lipinski definition) is 5. The first-order valence-corrected chi connectivity index (χ1v) is 9.68. The number of ether oxygens (including phenoxy) is 1. The number of anilines is 1.